The van der Waals surface area contributed by atoms with Crippen LogP contribution in [0.1, 0.15) is 24.0 Å². The van der Waals surface area contributed by atoms with Gasteiger partial charge in [-0.05, 0) is 48.9 Å². The number of nitrogens with one attached hydrogen (secondary N) is 1. The first-order valence-electron chi connectivity index (χ1n) is 13.1. The average molecular weight is 483 g/mol. The van der Waals surface area contributed by atoms with Gasteiger partial charge in [0, 0.05) is 87.8 Å². The number of hydrogen-bond donors (Lipinski definition) is 1. The van der Waals surface area contributed by atoms with Crippen LogP contribution in [-0.4, -0.2) is 81.0 Å². The lowest BCUT2D eigenvalue weighted by molar-refractivity contribution is -0.0434. The number of rotatable bonds is 5. The highest BCUT2D eigenvalue weighted by Crippen LogP contribution is 2.33. The van der Waals surface area contributed by atoms with Gasteiger partial charge in [-0.25, -0.2) is 0 Å². The van der Waals surface area contributed by atoms with Crippen molar-refractivity contribution in [2.24, 2.45) is 0 Å². The molecule has 3 aliphatic rings. The third-order valence-corrected chi connectivity index (χ3v) is 7.78. The molecule has 3 aliphatic heterocycles. The SMILES string of the molecule is CC1CN(c2ccc(C#N)c3ncccc23)CC(CN2CC(c3cccc(N4CCNCC4)c3)C2)O1. The van der Waals surface area contributed by atoms with Crippen LogP contribution in [-0.2, 0) is 4.74 Å². The lowest BCUT2D eigenvalue weighted by Crippen LogP contribution is -2.55. The summed E-state index contributed by atoms with van der Waals surface area (Å²) in [6, 6.07) is 19.4. The maximum absolute atomic E-state index is 9.50. The Bertz CT molecular complexity index is 1260. The highest BCUT2D eigenvalue weighted by molar-refractivity contribution is 5.95. The van der Waals surface area contributed by atoms with E-state index in [-0.39, 0.29) is 12.2 Å². The first kappa shape index (κ1) is 23.2. The summed E-state index contributed by atoms with van der Waals surface area (Å²) in [5, 5.41) is 14.0. The number of benzene rings is 2. The smallest absolute Gasteiger partial charge is 0.101 e. The van der Waals surface area contributed by atoms with Crippen molar-refractivity contribution in [3.05, 3.63) is 65.9 Å². The highest BCUT2D eigenvalue weighted by Gasteiger charge is 2.34. The molecular weight excluding hydrogens is 448 g/mol. The first-order valence-corrected chi connectivity index (χ1v) is 13.1. The zero-order valence-corrected chi connectivity index (χ0v) is 20.9. The van der Waals surface area contributed by atoms with Gasteiger partial charge >= 0.3 is 0 Å². The summed E-state index contributed by atoms with van der Waals surface area (Å²) in [4.78, 5) is 11.9. The Morgan fingerprint density at radius 2 is 1.89 bits per heavy atom. The Labute approximate surface area is 213 Å². The number of anilines is 2. The number of pyridine rings is 1. The number of aromatic nitrogens is 1. The molecule has 0 spiro atoms. The number of morpholine rings is 1. The molecule has 3 fully saturated rings. The van der Waals surface area contributed by atoms with E-state index in [1.165, 1.54) is 11.3 Å². The molecule has 4 heterocycles. The molecule has 1 N–H and O–H groups in total. The summed E-state index contributed by atoms with van der Waals surface area (Å²) >= 11 is 0. The van der Waals surface area contributed by atoms with Gasteiger partial charge in [0.2, 0.25) is 0 Å². The van der Waals surface area contributed by atoms with Crippen molar-refractivity contribution in [2.75, 3.05) is 68.7 Å². The van der Waals surface area contributed by atoms with E-state index in [1.807, 2.05) is 12.1 Å². The van der Waals surface area contributed by atoms with E-state index in [2.05, 4.69) is 74.4 Å². The second-order valence-electron chi connectivity index (χ2n) is 10.4. The lowest BCUT2D eigenvalue weighted by atomic mass is 9.90. The zero-order chi connectivity index (χ0) is 24.5. The number of hydrogen-bond acceptors (Lipinski definition) is 7. The minimum absolute atomic E-state index is 0.152. The van der Waals surface area contributed by atoms with E-state index in [1.54, 1.807) is 6.20 Å². The molecule has 186 valence electrons. The number of fused-ring (bicyclic) bond motifs is 1. The van der Waals surface area contributed by atoms with Gasteiger partial charge in [0.15, 0.2) is 0 Å². The molecule has 0 bridgehead atoms. The Morgan fingerprint density at radius 1 is 1.03 bits per heavy atom. The van der Waals surface area contributed by atoms with Crippen LogP contribution in [0.3, 0.4) is 0 Å². The predicted molar refractivity (Wildman–Crippen MR) is 144 cm³/mol. The molecule has 1 aromatic heterocycles. The third-order valence-electron chi connectivity index (χ3n) is 7.78. The van der Waals surface area contributed by atoms with Gasteiger partial charge in [0.1, 0.15) is 6.07 Å². The molecule has 7 heteroatoms. The van der Waals surface area contributed by atoms with Crippen molar-refractivity contribution in [3.63, 3.8) is 0 Å². The Morgan fingerprint density at radius 3 is 2.72 bits per heavy atom. The van der Waals surface area contributed by atoms with Gasteiger partial charge in [-0.2, -0.15) is 5.26 Å². The molecule has 36 heavy (non-hydrogen) atoms. The van der Waals surface area contributed by atoms with Crippen LogP contribution >= 0.6 is 0 Å². The Kier molecular flexibility index (Phi) is 6.49. The standard InChI is InChI=1S/C29H34N6O/c1-21-16-35(28-8-7-23(15-30)29-27(28)6-3-9-32-29)20-26(36-21)19-33-17-24(18-33)22-4-2-5-25(14-22)34-12-10-31-11-13-34/h2-9,14,21,24,26,31H,10-13,16-20H2,1H3. The van der Waals surface area contributed by atoms with Gasteiger partial charge in [0.25, 0.3) is 0 Å². The van der Waals surface area contributed by atoms with Crippen molar-refractivity contribution in [1.29, 1.82) is 5.26 Å². The van der Waals surface area contributed by atoms with Gasteiger partial charge in [-0.1, -0.05) is 12.1 Å². The first-order chi connectivity index (χ1) is 17.7. The van der Waals surface area contributed by atoms with Crippen molar-refractivity contribution < 1.29 is 4.74 Å². The van der Waals surface area contributed by atoms with E-state index < -0.39 is 0 Å². The van der Waals surface area contributed by atoms with Gasteiger partial charge < -0.3 is 19.9 Å². The summed E-state index contributed by atoms with van der Waals surface area (Å²) in [5.74, 6) is 0.596. The summed E-state index contributed by atoms with van der Waals surface area (Å²) in [6.45, 7) is 11.3. The summed E-state index contributed by atoms with van der Waals surface area (Å²) in [6.07, 6.45) is 2.07. The quantitative estimate of drug-likeness (QED) is 0.599. The Balaban J connectivity index is 1.10. The number of ether oxygens (including phenoxy) is 1. The lowest BCUT2D eigenvalue weighted by Gasteiger charge is -2.45. The molecular formula is C29H34N6O. The highest BCUT2D eigenvalue weighted by atomic mass is 16.5. The van der Waals surface area contributed by atoms with Crippen molar-refractivity contribution in [1.82, 2.24) is 15.2 Å². The van der Waals surface area contributed by atoms with Crippen LogP contribution in [0, 0.1) is 11.3 Å². The largest absolute Gasteiger partial charge is 0.370 e. The predicted octanol–water partition coefficient (Wildman–Crippen LogP) is 3.21. The third kappa shape index (κ3) is 4.64. The van der Waals surface area contributed by atoms with Crippen LogP contribution in [0.5, 0.6) is 0 Å². The van der Waals surface area contributed by atoms with Gasteiger partial charge in [-0.15, -0.1) is 0 Å². The molecule has 3 aromatic rings. The van der Waals surface area contributed by atoms with Crippen molar-refractivity contribution >= 4 is 22.3 Å². The fourth-order valence-electron chi connectivity index (χ4n) is 5.98. The maximum atomic E-state index is 9.50. The van der Waals surface area contributed by atoms with Gasteiger partial charge in [0.05, 0.1) is 23.3 Å². The average Bonchev–Trinajstić information content (AvgIpc) is 2.90. The maximum Gasteiger partial charge on any atom is 0.101 e. The summed E-state index contributed by atoms with van der Waals surface area (Å²) in [5.41, 5.74) is 5.36. The van der Waals surface area contributed by atoms with Crippen LogP contribution in [0.25, 0.3) is 10.9 Å². The molecule has 7 nitrogen and oxygen atoms in total. The topological polar surface area (TPSA) is 67.7 Å². The normalized spacial score (nSPS) is 23.4. The molecule has 2 aromatic carbocycles. The second-order valence-corrected chi connectivity index (χ2v) is 10.4. The number of likely N-dealkylation sites (tertiary alicyclic amines) is 1. The molecule has 6 rings (SSSR count). The molecule has 0 amide bonds. The van der Waals surface area contributed by atoms with Crippen molar-refractivity contribution in [3.8, 4) is 6.07 Å². The fourth-order valence-corrected chi connectivity index (χ4v) is 5.98. The molecule has 3 saturated heterocycles. The van der Waals surface area contributed by atoms with E-state index in [0.717, 1.165) is 75.5 Å². The van der Waals surface area contributed by atoms with E-state index in [9.17, 15) is 5.26 Å². The molecule has 2 atom stereocenters. The minimum Gasteiger partial charge on any atom is -0.370 e. The fraction of sp³-hybridized carbons (Fsp3) is 0.448. The van der Waals surface area contributed by atoms with E-state index in [4.69, 9.17) is 4.74 Å². The van der Waals surface area contributed by atoms with E-state index in [0.29, 0.717) is 11.5 Å². The van der Waals surface area contributed by atoms with Crippen LogP contribution in [0.15, 0.2) is 54.7 Å². The zero-order valence-electron chi connectivity index (χ0n) is 20.9. The number of nitrogens with zero attached hydrogens (tertiary/aromatic N) is 5. The van der Waals surface area contributed by atoms with Crippen molar-refractivity contribution in [2.45, 2.75) is 25.0 Å². The molecule has 2 unspecified atom stereocenters. The monoisotopic (exact) mass is 482 g/mol. The van der Waals surface area contributed by atoms with Crippen LogP contribution in [0.4, 0.5) is 11.4 Å². The summed E-state index contributed by atoms with van der Waals surface area (Å²) in [7, 11) is 0. The Hall–Kier alpha value is -3.18. The molecule has 0 saturated carbocycles. The number of nitriles is 1. The second kappa shape index (κ2) is 10.1. The molecule has 0 radical (unpaired) electrons. The van der Waals surface area contributed by atoms with Gasteiger partial charge in [-0.3, -0.25) is 9.88 Å². The van der Waals surface area contributed by atoms with E-state index >= 15 is 0 Å². The van der Waals surface area contributed by atoms with Crippen LogP contribution in [0.2, 0.25) is 0 Å². The minimum atomic E-state index is 0.152. The molecule has 0 aliphatic carbocycles. The number of piperazine rings is 1. The summed E-state index contributed by atoms with van der Waals surface area (Å²) < 4.78 is 6.38. The van der Waals surface area contributed by atoms with Crippen LogP contribution < -0.4 is 15.1 Å².